The van der Waals surface area contributed by atoms with Gasteiger partial charge >= 0.3 is 0 Å². The van der Waals surface area contributed by atoms with Crippen molar-refractivity contribution in [3.8, 4) is 0 Å². The van der Waals surface area contributed by atoms with E-state index in [-0.39, 0.29) is 0 Å². The molecule has 17 heavy (non-hydrogen) atoms. The topological polar surface area (TPSA) is 6.48 Å². The van der Waals surface area contributed by atoms with Crippen molar-refractivity contribution in [3.05, 3.63) is 12.4 Å². The monoisotopic (exact) mass is 238 g/mol. The number of nitrogens with zero attached hydrogens (tertiary/aromatic N) is 2. The summed E-state index contributed by atoms with van der Waals surface area (Å²) in [6.07, 6.45) is 16.0. The second-order valence-electron chi connectivity index (χ2n) is 5.24. The van der Waals surface area contributed by atoms with Gasteiger partial charge in [0.1, 0.15) is 6.17 Å². The predicted octanol–water partition coefficient (Wildman–Crippen LogP) is 4.19. The summed E-state index contributed by atoms with van der Waals surface area (Å²) in [7, 11) is 2.19. The van der Waals surface area contributed by atoms with Gasteiger partial charge in [-0.2, -0.15) is 0 Å². The normalized spacial score (nSPS) is 19.4. The van der Waals surface area contributed by atoms with Gasteiger partial charge < -0.3 is 9.80 Å². The van der Waals surface area contributed by atoms with Gasteiger partial charge in [0.25, 0.3) is 0 Å². The number of hydrogen-bond donors (Lipinski definition) is 0. The summed E-state index contributed by atoms with van der Waals surface area (Å²) in [4.78, 5) is 4.86. The van der Waals surface area contributed by atoms with E-state index in [2.05, 4.69) is 43.1 Å². The van der Waals surface area contributed by atoms with Crippen molar-refractivity contribution in [2.24, 2.45) is 0 Å². The van der Waals surface area contributed by atoms with Crippen LogP contribution in [0.5, 0.6) is 0 Å². The highest BCUT2D eigenvalue weighted by Gasteiger charge is 2.21. The summed E-state index contributed by atoms with van der Waals surface area (Å²) in [5, 5.41) is 0. The van der Waals surface area contributed by atoms with Crippen LogP contribution in [0.25, 0.3) is 0 Å². The van der Waals surface area contributed by atoms with Crippen LogP contribution in [-0.4, -0.2) is 29.6 Å². The lowest BCUT2D eigenvalue weighted by molar-refractivity contribution is 0.162. The van der Waals surface area contributed by atoms with E-state index < -0.39 is 0 Å². The lowest BCUT2D eigenvalue weighted by Gasteiger charge is -2.30. The Bertz CT molecular complexity index is 213. The van der Waals surface area contributed by atoms with E-state index in [1.54, 1.807) is 0 Å². The summed E-state index contributed by atoms with van der Waals surface area (Å²) in [6.45, 7) is 5.78. The largest absolute Gasteiger partial charge is 0.359 e. The van der Waals surface area contributed by atoms with Crippen molar-refractivity contribution in [1.82, 2.24) is 9.80 Å². The molecule has 0 saturated carbocycles. The molecule has 0 fully saturated rings. The van der Waals surface area contributed by atoms with Crippen molar-refractivity contribution >= 4 is 0 Å². The molecule has 0 radical (unpaired) electrons. The van der Waals surface area contributed by atoms with Crippen molar-refractivity contribution < 1.29 is 0 Å². The smallest absolute Gasteiger partial charge is 0.100 e. The van der Waals surface area contributed by atoms with E-state index in [1.807, 2.05) is 0 Å². The summed E-state index contributed by atoms with van der Waals surface area (Å²) < 4.78 is 0. The van der Waals surface area contributed by atoms with Gasteiger partial charge in [-0.05, 0) is 12.8 Å². The third-order valence-corrected chi connectivity index (χ3v) is 3.66. The van der Waals surface area contributed by atoms with Gasteiger partial charge in [-0.25, -0.2) is 0 Å². The second kappa shape index (κ2) is 8.43. The Hall–Kier alpha value is -0.660. The maximum atomic E-state index is 2.52. The highest BCUT2D eigenvalue weighted by molar-refractivity contribution is 4.95. The van der Waals surface area contributed by atoms with Crippen LogP contribution < -0.4 is 0 Å². The molecule has 1 unspecified atom stereocenters. The van der Waals surface area contributed by atoms with Gasteiger partial charge in [-0.1, -0.05) is 52.4 Å². The minimum Gasteiger partial charge on any atom is -0.359 e. The lowest BCUT2D eigenvalue weighted by atomic mass is 10.1. The van der Waals surface area contributed by atoms with Gasteiger partial charge in [-0.15, -0.1) is 0 Å². The van der Waals surface area contributed by atoms with Gasteiger partial charge in [0.05, 0.1) is 0 Å². The van der Waals surface area contributed by atoms with Crippen molar-refractivity contribution in [2.75, 3.05) is 13.6 Å². The minimum absolute atomic E-state index is 0.621. The molecule has 1 atom stereocenters. The first-order valence-electron chi connectivity index (χ1n) is 7.45. The predicted molar refractivity (Wildman–Crippen MR) is 75.7 cm³/mol. The molecular formula is C15H30N2. The molecule has 0 spiro atoms. The zero-order chi connectivity index (χ0) is 12.5. The molecule has 1 aliphatic rings. The summed E-state index contributed by atoms with van der Waals surface area (Å²) in [6, 6.07) is 0. The second-order valence-corrected chi connectivity index (χ2v) is 5.24. The molecule has 0 aromatic heterocycles. The fourth-order valence-corrected chi connectivity index (χ4v) is 2.55. The highest BCUT2D eigenvalue weighted by Crippen LogP contribution is 2.19. The first-order chi connectivity index (χ1) is 8.29. The highest BCUT2D eigenvalue weighted by atomic mass is 15.4. The van der Waals surface area contributed by atoms with Gasteiger partial charge in [0, 0.05) is 26.0 Å². The SMILES string of the molecule is CCCCCCCCN1C=CN(C)C1CCC. The third-order valence-electron chi connectivity index (χ3n) is 3.66. The van der Waals surface area contributed by atoms with Crippen LogP contribution in [0, 0.1) is 0 Å². The van der Waals surface area contributed by atoms with E-state index in [9.17, 15) is 0 Å². The van der Waals surface area contributed by atoms with Crippen LogP contribution in [0.2, 0.25) is 0 Å². The Labute approximate surface area is 108 Å². The third kappa shape index (κ3) is 5.01. The molecule has 0 amide bonds. The van der Waals surface area contributed by atoms with Gasteiger partial charge in [-0.3, -0.25) is 0 Å². The zero-order valence-corrected chi connectivity index (χ0v) is 12.0. The van der Waals surface area contributed by atoms with Crippen molar-refractivity contribution in [2.45, 2.75) is 71.4 Å². The first kappa shape index (κ1) is 14.4. The summed E-state index contributed by atoms with van der Waals surface area (Å²) in [5.74, 6) is 0. The quantitative estimate of drug-likeness (QED) is 0.556. The van der Waals surface area contributed by atoms with Gasteiger partial charge in [0.15, 0.2) is 0 Å². The van der Waals surface area contributed by atoms with Crippen LogP contribution >= 0.6 is 0 Å². The molecule has 0 saturated heterocycles. The van der Waals surface area contributed by atoms with E-state index in [0.29, 0.717) is 6.17 Å². The van der Waals surface area contributed by atoms with E-state index >= 15 is 0 Å². The Morgan fingerprint density at radius 1 is 0.882 bits per heavy atom. The number of unbranched alkanes of at least 4 members (excludes halogenated alkanes) is 5. The standard InChI is InChI=1S/C15H30N2/c1-4-6-7-8-9-10-12-17-14-13-16(3)15(17)11-5-2/h13-15H,4-12H2,1-3H3. The molecule has 0 aromatic rings. The Morgan fingerprint density at radius 2 is 1.59 bits per heavy atom. The van der Waals surface area contributed by atoms with Crippen LogP contribution in [0.3, 0.4) is 0 Å². The lowest BCUT2D eigenvalue weighted by Crippen LogP contribution is -2.36. The number of hydrogen-bond acceptors (Lipinski definition) is 2. The van der Waals surface area contributed by atoms with Crippen LogP contribution in [0.15, 0.2) is 12.4 Å². The molecule has 0 bridgehead atoms. The molecule has 2 nitrogen and oxygen atoms in total. The van der Waals surface area contributed by atoms with Crippen molar-refractivity contribution in [1.29, 1.82) is 0 Å². The molecule has 1 rings (SSSR count). The maximum absolute atomic E-state index is 2.52. The Kier molecular flexibility index (Phi) is 7.14. The average molecular weight is 238 g/mol. The average Bonchev–Trinajstić information content (AvgIpc) is 2.66. The Balaban J connectivity index is 2.11. The Morgan fingerprint density at radius 3 is 2.29 bits per heavy atom. The molecule has 1 aliphatic heterocycles. The zero-order valence-electron chi connectivity index (χ0n) is 12.0. The van der Waals surface area contributed by atoms with E-state index in [1.165, 1.54) is 57.9 Å². The van der Waals surface area contributed by atoms with Crippen LogP contribution in [0.1, 0.15) is 65.2 Å². The summed E-state index contributed by atoms with van der Waals surface area (Å²) >= 11 is 0. The van der Waals surface area contributed by atoms with Crippen molar-refractivity contribution in [3.63, 3.8) is 0 Å². The van der Waals surface area contributed by atoms with Crippen LogP contribution in [-0.2, 0) is 0 Å². The molecular weight excluding hydrogens is 208 g/mol. The van der Waals surface area contributed by atoms with Gasteiger partial charge in [0.2, 0.25) is 0 Å². The molecule has 0 aliphatic carbocycles. The van der Waals surface area contributed by atoms with E-state index in [0.717, 1.165) is 0 Å². The molecule has 0 N–H and O–H groups in total. The summed E-state index contributed by atoms with van der Waals surface area (Å²) in [5.41, 5.74) is 0. The van der Waals surface area contributed by atoms with Crippen LogP contribution in [0.4, 0.5) is 0 Å². The number of rotatable bonds is 9. The molecule has 1 heterocycles. The maximum Gasteiger partial charge on any atom is 0.100 e. The van der Waals surface area contributed by atoms with E-state index in [4.69, 9.17) is 0 Å². The molecule has 100 valence electrons. The molecule has 0 aromatic carbocycles. The first-order valence-corrected chi connectivity index (χ1v) is 7.45. The fraction of sp³-hybridized carbons (Fsp3) is 0.867. The minimum atomic E-state index is 0.621. The molecule has 2 heteroatoms. The fourth-order valence-electron chi connectivity index (χ4n) is 2.55.